The zero-order valence-electron chi connectivity index (χ0n) is 5.24. The number of rotatable bonds is 0. The van der Waals surface area contributed by atoms with Crippen LogP contribution in [0, 0.1) is 0 Å². The minimum absolute atomic E-state index is 0.00852. The van der Waals surface area contributed by atoms with Gasteiger partial charge in [-0.05, 0) is 0 Å². The van der Waals surface area contributed by atoms with E-state index in [9.17, 15) is 17.6 Å². The van der Waals surface area contributed by atoms with Crippen LogP contribution in [-0.4, -0.2) is 11.0 Å². The van der Waals surface area contributed by atoms with Gasteiger partial charge in [-0.1, -0.05) is 0 Å². The van der Waals surface area contributed by atoms with E-state index < -0.39 is 29.8 Å². The van der Waals surface area contributed by atoms with E-state index in [0.717, 1.165) is 0 Å². The van der Waals surface area contributed by atoms with Crippen molar-refractivity contribution < 1.29 is 22.7 Å². The predicted molar refractivity (Wildman–Crippen MR) is 29.5 cm³/mol. The smallest absolute Gasteiger partial charge is 0.276 e. The van der Waals surface area contributed by atoms with Crippen LogP contribution in [0.3, 0.4) is 0 Å². The molecule has 0 aromatic heterocycles. The van der Waals surface area contributed by atoms with Gasteiger partial charge >= 0.3 is 0 Å². The number of aliphatic hydroxyl groups is 1. The molecule has 0 fully saturated rings. The van der Waals surface area contributed by atoms with Crippen molar-refractivity contribution in [3.63, 3.8) is 0 Å². The normalized spacial score (nSPS) is 23.5. The molecular weight excluding hydrogens is 164 g/mol. The lowest BCUT2D eigenvalue weighted by Crippen LogP contribution is -2.17. The molecule has 0 bridgehead atoms. The van der Waals surface area contributed by atoms with Crippen LogP contribution < -0.4 is 0 Å². The highest BCUT2D eigenvalue weighted by molar-refractivity contribution is 5.29. The highest BCUT2D eigenvalue weighted by atomic mass is 19.3. The maximum Gasteiger partial charge on any atom is 0.276 e. The number of halogens is 4. The van der Waals surface area contributed by atoms with Gasteiger partial charge in [0.2, 0.25) is 0 Å². The van der Waals surface area contributed by atoms with Crippen LogP contribution in [0.5, 0.6) is 0 Å². The van der Waals surface area contributed by atoms with E-state index in [0.29, 0.717) is 0 Å². The molecule has 0 spiro atoms. The zero-order chi connectivity index (χ0) is 8.65. The maximum atomic E-state index is 12.2. The maximum absolute atomic E-state index is 12.2. The van der Waals surface area contributed by atoms with Gasteiger partial charge in [0.05, 0.1) is 6.42 Å². The van der Waals surface area contributed by atoms with Crippen LogP contribution in [0.4, 0.5) is 17.6 Å². The Hall–Kier alpha value is -1.00. The van der Waals surface area contributed by atoms with E-state index in [1.165, 1.54) is 0 Å². The minimum atomic E-state index is -3.48. The van der Waals surface area contributed by atoms with Crippen molar-refractivity contribution in [2.45, 2.75) is 12.3 Å². The fourth-order valence-electron chi connectivity index (χ4n) is 0.738. The molecule has 1 aliphatic rings. The van der Waals surface area contributed by atoms with Crippen molar-refractivity contribution in [3.8, 4) is 0 Å². The van der Waals surface area contributed by atoms with Crippen LogP contribution in [0.2, 0.25) is 0 Å². The molecule has 1 rings (SSSR count). The second kappa shape index (κ2) is 2.25. The number of aliphatic hydroxyl groups excluding tert-OH is 1. The van der Waals surface area contributed by atoms with Crippen molar-refractivity contribution >= 4 is 0 Å². The Morgan fingerprint density at radius 2 is 1.91 bits per heavy atom. The Labute approximate surface area is 59.6 Å². The van der Waals surface area contributed by atoms with Crippen molar-refractivity contribution in [1.29, 1.82) is 0 Å². The highest BCUT2D eigenvalue weighted by Crippen LogP contribution is 2.35. The summed E-state index contributed by atoms with van der Waals surface area (Å²) in [6.45, 7) is 0. The van der Waals surface area contributed by atoms with Gasteiger partial charge in [-0.3, -0.25) is 0 Å². The third kappa shape index (κ3) is 1.53. The van der Waals surface area contributed by atoms with Gasteiger partial charge in [-0.15, -0.1) is 0 Å². The van der Waals surface area contributed by atoms with E-state index in [1.807, 2.05) is 0 Å². The summed E-state index contributed by atoms with van der Waals surface area (Å²) in [7, 11) is 0. The molecule has 5 heteroatoms. The summed E-state index contributed by atoms with van der Waals surface area (Å²) in [4.78, 5) is 0. The molecule has 1 N–H and O–H groups in total. The highest BCUT2D eigenvalue weighted by Gasteiger charge is 2.35. The second-order valence-electron chi connectivity index (χ2n) is 2.19. The molecule has 62 valence electrons. The van der Waals surface area contributed by atoms with E-state index in [2.05, 4.69) is 0 Å². The molecule has 0 saturated carbocycles. The summed E-state index contributed by atoms with van der Waals surface area (Å²) in [5.74, 6) is -8.03. The molecular formula is C6H4F4O. The molecule has 0 amide bonds. The summed E-state index contributed by atoms with van der Waals surface area (Å²) >= 11 is 0. The largest absolute Gasteiger partial charge is 0.505 e. The fraction of sp³-hybridized carbons (Fsp3) is 0.333. The van der Waals surface area contributed by atoms with Crippen molar-refractivity contribution in [3.05, 3.63) is 23.5 Å². The van der Waals surface area contributed by atoms with Crippen LogP contribution in [-0.2, 0) is 0 Å². The molecule has 1 nitrogen and oxygen atoms in total. The Balaban J connectivity index is 3.01. The Bertz CT molecular complexity index is 241. The zero-order valence-corrected chi connectivity index (χ0v) is 5.24. The average Bonchev–Trinajstić information content (AvgIpc) is 1.81. The van der Waals surface area contributed by atoms with E-state index in [-0.39, 0.29) is 6.08 Å². The minimum Gasteiger partial charge on any atom is -0.505 e. The summed E-state index contributed by atoms with van der Waals surface area (Å²) in [5, 5.41) is 8.39. The van der Waals surface area contributed by atoms with Crippen LogP contribution >= 0.6 is 0 Å². The van der Waals surface area contributed by atoms with E-state index >= 15 is 0 Å². The van der Waals surface area contributed by atoms with Gasteiger partial charge in [0.15, 0.2) is 11.6 Å². The lowest BCUT2D eigenvalue weighted by Gasteiger charge is -2.15. The average molecular weight is 168 g/mol. The van der Waals surface area contributed by atoms with Gasteiger partial charge in [-0.25, -0.2) is 17.6 Å². The van der Waals surface area contributed by atoms with E-state index in [1.54, 1.807) is 0 Å². The molecule has 0 aliphatic heterocycles. The van der Waals surface area contributed by atoms with Gasteiger partial charge in [-0.2, -0.15) is 0 Å². The first-order valence-electron chi connectivity index (χ1n) is 2.76. The summed E-state index contributed by atoms with van der Waals surface area (Å²) in [5.41, 5.74) is 0. The van der Waals surface area contributed by atoms with Crippen molar-refractivity contribution in [1.82, 2.24) is 0 Å². The second-order valence-corrected chi connectivity index (χ2v) is 2.19. The Morgan fingerprint density at radius 1 is 1.36 bits per heavy atom. The molecule has 0 radical (unpaired) electrons. The van der Waals surface area contributed by atoms with Gasteiger partial charge in [0.1, 0.15) is 5.83 Å². The van der Waals surface area contributed by atoms with Crippen LogP contribution in [0.1, 0.15) is 6.42 Å². The van der Waals surface area contributed by atoms with Gasteiger partial charge < -0.3 is 5.11 Å². The lowest BCUT2D eigenvalue weighted by molar-refractivity contribution is 0.0407. The van der Waals surface area contributed by atoms with Crippen molar-refractivity contribution in [2.75, 3.05) is 0 Å². The third-order valence-corrected chi connectivity index (χ3v) is 1.20. The first kappa shape index (κ1) is 8.10. The summed E-state index contributed by atoms with van der Waals surface area (Å²) in [6, 6.07) is 0. The number of hydrogen-bond acceptors (Lipinski definition) is 1. The number of hydrogen-bond donors (Lipinski definition) is 1. The first-order valence-corrected chi connectivity index (χ1v) is 2.76. The van der Waals surface area contributed by atoms with Crippen molar-refractivity contribution in [2.24, 2.45) is 0 Å². The molecule has 0 aromatic carbocycles. The standard InChI is InChI=1S/C6H4F4O/c7-3-1-6(9,10)2-4(11)5(3)8/h2,11H,1H2. The first-order chi connectivity index (χ1) is 4.92. The molecule has 0 saturated heterocycles. The molecule has 0 heterocycles. The molecule has 0 unspecified atom stereocenters. The Kier molecular flexibility index (Phi) is 1.66. The number of allylic oxidation sites excluding steroid dienone is 3. The monoisotopic (exact) mass is 168 g/mol. The van der Waals surface area contributed by atoms with Gasteiger partial charge in [0.25, 0.3) is 5.92 Å². The molecule has 1 aliphatic carbocycles. The fourth-order valence-corrected chi connectivity index (χ4v) is 0.738. The molecule has 0 atom stereocenters. The summed E-state index contributed by atoms with van der Waals surface area (Å²) < 4.78 is 48.7. The number of alkyl halides is 2. The summed E-state index contributed by atoms with van der Waals surface area (Å²) in [6.07, 6.45) is -1.33. The van der Waals surface area contributed by atoms with Crippen LogP contribution in [0.15, 0.2) is 23.5 Å². The predicted octanol–water partition coefficient (Wildman–Crippen LogP) is 2.62. The molecule has 0 aromatic rings. The molecule has 11 heavy (non-hydrogen) atoms. The Morgan fingerprint density at radius 3 is 2.36 bits per heavy atom. The van der Waals surface area contributed by atoms with Crippen LogP contribution in [0.25, 0.3) is 0 Å². The lowest BCUT2D eigenvalue weighted by atomic mass is 10.1. The topological polar surface area (TPSA) is 20.2 Å². The van der Waals surface area contributed by atoms with Gasteiger partial charge in [0, 0.05) is 6.08 Å². The quantitative estimate of drug-likeness (QED) is 0.551. The van der Waals surface area contributed by atoms with E-state index in [4.69, 9.17) is 5.11 Å². The third-order valence-electron chi connectivity index (χ3n) is 1.20. The SMILES string of the molecule is OC1=CC(F)(F)CC(F)=C1F.